The van der Waals surface area contributed by atoms with Crippen molar-refractivity contribution < 1.29 is 27.8 Å². The molecule has 0 saturated carbocycles. The number of benzene rings is 2. The molecule has 0 radical (unpaired) electrons. The van der Waals surface area contributed by atoms with Crippen molar-refractivity contribution in [2.24, 2.45) is 13.0 Å². The molecule has 0 amide bonds. The Balaban J connectivity index is 1.30. The topological polar surface area (TPSA) is 92.5 Å². The molecule has 2 N–H and O–H groups in total. The summed E-state index contributed by atoms with van der Waals surface area (Å²) in [5.74, 6) is 0.524. The van der Waals surface area contributed by atoms with Crippen LogP contribution in [0.15, 0.2) is 36.4 Å². The molecule has 0 aliphatic carbocycles. The molecule has 196 valence electrons. The summed E-state index contributed by atoms with van der Waals surface area (Å²) in [6, 6.07) is 9.44. The SMILES string of the molecule is C[C@@H](O)CN1CCC(CC(=O)c2ccc3c(c2)nc(Nc2nc4ccc(OC(F)(F)F)cc4s2)n3C)C1. The summed E-state index contributed by atoms with van der Waals surface area (Å²) in [5, 5.41) is 13.2. The fraction of sp³-hybridized carbons (Fsp3) is 0.400. The lowest BCUT2D eigenvalue weighted by Gasteiger charge is -2.17. The maximum Gasteiger partial charge on any atom is 0.573 e. The van der Waals surface area contributed by atoms with Gasteiger partial charge in [-0.15, -0.1) is 13.2 Å². The summed E-state index contributed by atoms with van der Waals surface area (Å²) < 4.78 is 43.9. The maximum absolute atomic E-state index is 13.0. The number of ketones is 1. The van der Waals surface area contributed by atoms with Gasteiger partial charge in [0.15, 0.2) is 10.9 Å². The number of thiazole rings is 1. The van der Waals surface area contributed by atoms with E-state index in [2.05, 4.69) is 24.9 Å². The molecular weight excluding hydrogens is 507 g/mol. The Morgan fingerprint density at radius 3 is 2.81 bits per heavy atom. The lowest BCUT2D eigenvalue weighted by atomic mass is 9.97. The fourth-order valence-corrected chi connectivity index (χ4v) is 5.62. The van der Waals surface area contributed by atoms with E-state index in [-0.39, 0.29) is 23.6 Å². The van der Waals surface area contributed by atoms with E-state index in [0.717, 1.165) is 25.0 Å². The molecule has 5 rings (SSSR count). The Hall–Kier alpha value is -3.22. The highest BCUT2D eigenvalue weighted by molar-refractivity contribution is 7.22. The van der Waals surface area contributed by atoms with Gasteiger partial charge < -0.3 is 24.6 Å². The van der Waals surface area contributed by atoms with Gasteiger partial charge in [0, 0.05) is 38.2 Å². The van der Waals surface area contributed by atoms with Gasteiger partial charge in [0.25, 0.3) is 0 Å². The normalized spacial score (nSPS) is 17.5. The fourth-order valence-electron chi connectivity index (χ4n) is 4.74. The third kappa shape index (κ3) is 5.86. The minimum atomic E-state index is -4.76. The average molecular weight is 534 g/mol. The zero-order valence-electron chi connectivity index (χ0n) is 20.2. The van der Waals surface area contributed by atoms with E-state index >= 15 is 0 Å². The highest BCUT2D eigenvalue weighted by Gasteiger charge is 2.31. The summed E-state index contributed by atoms with van der Waals surface area (Å²) >= 11 is 1.18. The second kappa shape index (κ2) is 9.92. The number of nitrogens with one attached hydrogen (secondary N) is 1. The molecule has 0 spiro atoms. The third-order valence-electron chi connectivity index (χ3n) is 6.38. The van der Waals surface area contributed by atoms with Gasteiger partial charge in [-0.25, -0.2) is 9.97 Å². The van der Waals surface area contributed by atoms with E-state index in [9.17, 15) is 23.1 Å². The first-order chi connectivity index (χ1) is 17.5. The van der Waals surface area contributed by atoms with E-state index in [1.54, 1.807) is 19.1 Å². The number of hydrogen-bond acceptors (Lipinski definition) is 8. The van der Waals surface area contributed by atoms with Gasteiger partial charge in [0.2, 0.25) is 5.95 Å². The van der Waals surface area contributed by atoms with Gasteiger partial charge in [0.1, 0.15) is 5.75 Å². The number of carbonyl (C=O) groups is 1. The Kier molecular flexibility index (Phi) is 6.82. The van der Waals surface area contributed by atoms with Crippen LogP contribution < -0.4 is 10.1 Å². The van der Waals surface area contributed by atoms with Gasteiger partial charge in [-0.05, 0) is 56.1 Å². The molecule has 4 aromatic rings. The molecule has 2 atom stereocenters. The average Bonchev–Trinajstić information content (AvgIpc) is 3.49. The molecule has 1 aliphatic rings. The van der Waals surface area contributed by atoms with E-state index in [1.165, 1.54) is 29.5 Å². The number of imidazole rings is 1. The van der Waals surface area contributed by atoms with Crippen LogP contribution in [0.1, 0.15) is 30.1 Å². The summed E-state index contributed by atoms with van der Waals surface area (Å²) in [7, 11) is 1.83. The monoisotopic (exact) mass is 533 g/mol. The highest BCUT2D eigenvalue weighted by Crippen LogP contribution is 2.33. The first-order valence-electron chi connectivity index (χ1n) is 11.9. The summed E-state index contributed by atoms with van der Waals surface area (Å²) in [6.45, 7) is 4.09. The Morgan fingerprint density at radius 2 is 2.05 bits per heavy atom. The molecular formula is C25H26F3N5O3S. The smallest absolute Gasteiger partial charge is 0.406 e. The van der Waals surface area contributed by atoms with Crippen molar-refractivity contribution in [1.29, 1.82) is 0 Å². The Labute approximate surface area is 214 Å². The Bertz CT molecular complexity index is 1450. The van der Waals surface area contributed by atoms with Crippen LogP contribution in [0.3, 0.4) is 0 Å². The molecule has 1 unspecified atom stereocenters. The maximum atomic E-state index is 13.0. The van der Waals surface area contributed by atoms with Crippen molar-refractivity contribution in [3.05, 3.63) is 42.0 Å². The predicted octanol–water partition coefficient (Wildman–Crippen LogP) is 5.10. The Morgan fingerprint density at radius 1 is 1.24 bits per heavy atom. The number of carbonyl (C=O) groups excluding carboxylic acids is 1. The number of β-amino-alcohol motifs (C(OH)–C–C–N with tert-alkyl or cyclic N) is 1. The van der Waals surface area contributed by atoms with E-state index in [4.69, 9.17) is 0 Å². The van der Waals surface area contributed by atoms with Crippen molar-refractivity contribution in [3.8, 4) is 5.75 Å². The molecule has 8 nitrogen and oxygen atoms in total. The van der Waals surface area contributed by atoms with Gasteiger partial charge in [-0.3, -0.25) is 4.79 Å². The molecule has 1 saturated heterocycles. The number of anilines is 2. The number of fused-ring (bicyclic) bond motifs is 2. The van der Waals surface area contributed by atoms with Crippen molar-refractivity contribution in [2.75, 3.05) is 25.0 Å². The number of aliphatic hydroxyl groups is 1. The number of rotatable bonds is 8. The molecule has 3 heterocycles. The molecule has 0 bridgehead atoms. The number of ether oxygens (including phenoxy) is 1. The zero-order valence-corrected chi connectivity index (χ0v) is 21.1. The van der Waals surface area contributed by atoms with Gasteiger partial charge in [-0.1, -0.05) is 11.3 Å². The number of aryl methyl sites for hydroxylation is 1. The van der Waals surface area contributed by atoms with E-state index < -0.39 is 6.36 Å². The van der Waals surface area contributed by atoms with Crippen LogP contribution >= 0.6 is 11.3 Å². The number of alkyl halides is 3. The standard InChI is InChI=1S/C25H26F3N5O3S/c1-14(34)12-33-8-7-15(13-33)9-21(35)16-3-6-20-19(10-16)29-23(32(20)2)31-24-30-18-5-4-17(11-22(18)37-24)36-25(26,27)28/h3-6,10-11,14-15,34H,7-9,12-13H2,1-2H3,(H,29,30,31)/t14-,15?/m1/s1. The third-order valence-corrected chi connectivity index (χ3v) is 7.32. The number of nitrogens with zero attached hydrogens (tertiary/aromatic N) is 4. The summed E-state index contributed by atoms with van der Waals surface area (Å²) in [4.78, 5) is 24.2. The van der Waals surface area contributed by atoms with Crippen LogP contribution in [-0.4, -0.2) is 62.4 Å². The summed E-state index contributed by atoms with van der Waals surface area (Å²) in [6.07, 6.45) is -3.76. The molecule has 1 fully saturated rings. The van der Waals surface area contributed by atoms with Crippen LogP contribution in [-0.2, 0) is 7.05 Å². The van der Waals surface area contributed by atoms with E-state index in [1.807, 2.05) is 17.7 Å². The second-order valence-electron chi connectivity index (χ2n) is 9.41. The number of aromatic nitrogens is 3. The van der Waals surface area contributed by atoms with Gasteiger partial charge >= 0.3 is 6.36 Å². The van der Waals surface area contributed by atoms with Crippen LogP contribution in [0.2, 0.25) is 0 Å². The minimum Gasteiger partial charge on any atom is -0.406 e. The molecule has 2 aromatic carbocycles. The van der Waals surface area contributed by atoms with Crippen molar-refractivity contribution in [2.45, 2.75) is 32.2 Å². The molecule has 1 aliphatic heterocycles. The highest BCUT2D eigenvalue weighted by atomic mass is 32.1. The minimum absolute atomic E-state index is 0.0639. The largest absolute Gasteiger partial charge is 0.573 e. The first-order valence-corrected chi connectivity index (χ1v) is 12.7. The van der Waals surface area contributed by atoms with Crippen molar-refractivity contribution in [1.82, 2.24) is 19.4 Å². The number of halogens is 3. The van der Waals surface area contributed by atoms with Crippen LogP contribution in [0.25, 0.3) is 21.3 Å². The van der Waals surface area contributed by atoms with E-state index in [0.29, 0.717) is 45.3 Å². The first kappa shape index (κ1) is 25.4. The number of aliphatic hydroxyl groups excluding tert-OH is 1. The molecule has 2 aromatic heterocycles. The number of Topliss-reactive ketones (excluding diaryl/α,β-unsaturated/α-hetero) is 1. The second-order valence-corrected chi connectivity index (χ2v) is 10.4. The van der Waals surface area contributed by atoms with Crippen LogP contribution in [0.5, 0.6) is 5.75 Å². The quantitative estimate of drug-likeness (QED) is 0.305. The summed E-state index contributed by atoms with van der Waals surface area (Å²) in [5.41, 5.74) is 2.61. The number of hydrogen-bond donors (Lipinski definition) is 2. The molecule has 37 heavy (non-hydrogen) atoms. The van der Waals surface area contributed by atoms with Crippen LogP contribution in [0.4, 0.5) is 24.3 Å². The van der Waals surface area contributed by atoms with Crippen molar-refractivity contribution >= 4 is 49.4 Å². The zero-order chi connectivity index (χ0) is 26.3. The number of likely N-dealkylation sites (tertiary alicyclic amines) is 1. The van der Waals surface area contributed by atoms with Crippen molar-refractivity contribution in [3.63, 3.8) is 0 Å². The van der Waals surface area contributed by atoms with Crippen LogP contribution in [0, 0.1) is 5.92 Å². The van der Waals surface area contributed by atoms with Gasteiger partial charge in [0.05, 0.1) is 27.4 Å². The predicted molar refractivity (Wildman–Crippen MR) is 135 cm³/mol. The lowest BCUT2D eigenvalue weighted by molar-refractivity contribution is -0.274. The lowest BCUT2D eigenvalue weighted by Crippen LogP contribution is -2.29. The van der Waals surface area contributed by atoms with Gasteiger partial charge in [-0.2, -0.15) is 0 Å². The molecule has 12 heteroatoms.